The lowest BCUT2D eigenvalue weighted by atomic mass is 9.44. The number of fused-ring (bicyclic) bond motifs is 3. The SMILES string of the molecule is C[C@H]1CC[C@H]2C(C)(C)C[C@@H](O)C[C@]23Oc2c(c(Br)cc4c2CNC4=O)C[C@]13C. The van der Waals surface area contributed by atoms with Gasteiger partial charge in [0.1, 0.15) is 11.4 Å². The van der Waals surface area contributed by atoms with Gasteiger partial charge < -0.3 is 15.2 Å². The first-order valence-electron chi connectivity index (χ1n) is 10.6. The van der Waals surface area contributed by atoms with Crippen LogP contribution in [0, 0.1) is 22.7 Å². The number of aliphatic hydroxyl groups is 1. The number of ether oxygens (including phenoxy) is 1. The molecule has 0 aromatic heterocycles. The molecule has 5 atom stereocenters. The number of aliphatic hydroxyl groups excluding tert-OH is 1. The van der Waals surface area contributed by atoms with Crippen molar-refractivity contribution in [3.8, 4) is 5.75 Å². The Bertz CT molecular complexity index is 881. The number of benzene rings is 1. The van der Waals surface area contributed by atoms with Crippen LogP contribution in [0.4, 0.5) is 0 Å². The normalized spacial score (nSPS) is 40.5. The van der Waals surface area contributed by atoms with Gasteiger partial charge in [0, 0.05) is 45.5 Å². The van der Waals surface area contributed by atoms with E-state index in [-0.39, 0.29) is 28.4 Å². The van der Waals surface area contributed by atoms with Crippen LogP contribution in [-0.2, 0) is 13.0 Å². The van der Waals surface area contributed by atoms with E-state index in [0.29, 0.717) is 24.8 Å². The summed E-state index contributed by atoms with van der Waals surface area (Å²) in [6, 6.07) is 1.96. The summed E-state index contributed by atoms with van der Waals surface area (Å²) in [5, 5.41) is 13.9. The van der Waals surface area contributed by atoms with Crippen LogP contribution in [0.3, 0.4) is 0 Å². The molecule has 4 aliphatic rings. The maximum Gasteiger partial charge on any atom is 0.252 e. The highest BCUT2D eigenvalue weighted by Gasteiger charge is 2.67. The van der Waals surface area contributed by atoms with Crippen molar-refractivity contribution < 1.29 is 14.6 Å². The highest BCUT2D eigenvalue weighted by Crippen LogP contribution is 2.66. The molecule has 5 rings (SSSR count). The van der Waals surface area contributed by atoms with Crippen LogP contribution >= 0.6 is 15.9 Å². The van der Waals surface area contributed by atoms with Crippen LogP contribution in [0.25, 0.3) is 0 Å². The average molecular weight is 448 g/mol. The Balaban J connectivity index is 1.75. The standard InChI is InChI=1S/C23H30BrNO3/c1-12-5-6-18-21(2,3)8-13(26)9-23(18)22(12,4)10-15-17(24)7-14-16(19(15)28-23)11-25-20(14)27/h7,12-13,18,26H,5-6,8-11H2,1-4H3,(H,25,27)/t12-,13+,18-,22+,23-/m0/s1. The van der Waals surface area contributed by atoms with Gasteiger partial charge in [0.2, 0.25) is 0 Å². The van der Waals surface area contributed by atoms with Gasteiger partial charge in [-0.3, -0.25) is 4.79 Å². The van der Waals surface area contributed by atoms with E-state index in [4.69, 9.17) is 4.74 Å². The lowest BCUT2D eigenvalue weighted by Crippen LogP contribution is -2.70. The maximum atomic E-state index is 12.3. The van der Waals surface area contributed by atoms with Crippen molar-refractivity contribution >= 4 is 21.8 Å². The van der Waals surface area contributed by atoms with Crippen LogP contribution < -0.4 is 10.1 Å². The summed E-state index contributed by atoms with van der Waals surface area (Å²) < 4.78 is 8.07. The van der Waals surface area contributed by atoms with Crippen LogP contribution in [0.1, 0.15) is 74.9 Å². The molecule has 4 nitrogen and oxygen atoms in total. The molecule has 2 saturated carbocycles. The molecule has 152 valence electrons. The van der Waals surface area contributed by atoms with E-state index in [0.717, 1.165) is 40.6 Å². The summed E-state index contributed by atoms with van der Waals surface area (Å²) in [4.78, 5) is 12.3. The summed E-state index contributed by atoms with van der Waals surface area (Å²) in [6.45, 7) is 9.86. The van der Waals surface area contributed by atoms with Crippen LogP contribution in [0.5, 0.6) is 5.75 Å². The molecule has 5 heteroatoms. The van der Waals surface area contributed by atoms with Gasteiger partial charge in [0.05, 0.1) is 6.10 Å². The Hall–Kier alpha value is -1.07. The zero-order valence-electron chi connectivity index (χ0n) is 17.2. The minimum atomic E-state index is -0.390. The van der Waals surface area contributed by atoms with E-state index < -0.39 is 0 Å². The fraction of sp³-hybridized carbons (Fsp3) is 0.696. The van der Waals surface area contributed by atoms with Gasteiger partial charge >= 0.3 is 0 Å². The smallest absolute Gasteiger partial charge is 0.252 e. The predicted octanol–water partition coefficient (Wildman–Crippen LogP) is 4.60. The molecular weight excluding hydrogens is 418 g/mol. The van der Waals surface area contributed by atoms with E-state index in [1.807, 2.05) is 6.07 Å². The van der Waals surface area contributed by atoms with Crippen molar-refractivity contribution in [1.29, 1.82) is 0 Å². The molecule has 28 heavy (non-hydrogen) atoms. The topological polar surface area (TPSA) is 58.6 Å². The average Bonchev–Trinajstić information content (AvgIpc) is 2.95. The second kappa shape index (κ2) is 5.75. The van der Waals surface area contributed by atoms with Gasteiger partial charge in [-0.2, -0.15) is 0 Å². The number of hydrogen-bond acceptors (Lipinski definition) is 3. The third kappa shape index (κ3) is 2.23. The van der Waals surface area contributed by atoms with Crippen molar-refractivity contribution in [1.82, 2.24) is 5.32 Å². The molecule has 2 aliphatic carbocycles. The Kier molecular flexibility index (Phi) is 3.89. The molecule has 1 aromatic rings. The molecule has 1 amide bonds. The Morgan fingerprint density at radius 3 is 2.71 bits per heavy atom. The Labute approximate surface area is 175 Å². The number of rotatable bonds is 0. The van der Waals surface area contributed by atoms with Gasteiger partial charge in [-0.1, -0.05) is 43.6 Å². The summed E-state index contributed by atoms with van der Waals surface area (Å²) in [6.07, 6.45) is 4.42. The number of carbonyl (C=O) groups excluding carboxylic acids is 1. The maximum absolute atomic E-state index is 12.3. The third-order valence-electron chi connectivity index (χ3n) is 8.68. The zero-order valence-corrected chi connectivity index (χ0v) is 18.8. The molecule has 2 fully saturated rings. The molecule has 0 bridgehead atoms. The summed E-state index contributed by atoms with van der Waals surface area (Å²) >= 11 is 3.73. The van der Waals surface area contributed by atoms with E-state index in [1.54, 1.807) is 0 Å². The predicted molar refractivity (Wildman–Crippen MR) is 111 cm³/mol. The van der Waals surface area contributed by atoms with Gasteiger partial charge in [-0.15, -0.1) is 0 Å². The van der Waals surface area contributed by atoms with Crippen molar-refractivity contribution in [2.24, 2.45) is 22.7 Å². The highest BCUT2D eigenvalue weighted by atomic mass is 79.9. The number of amides is 1. The summed E-state index contributed by atoms with van der Waals surface area (Å²) in [5.41, 5.74) is 2.50. The fourth-order valence-electron chi connectivity index (χ4n) is 7.10. The van der Waals surface area contributed by atoms with E-state index >= 15 is 0 Å². The van der Waals surface area contributed by atoms with Crippen molar-refractivity contribution in [2.45, 2.75) is 78.0 Å². The van der Waals surface area contributed by atoms with Gasteiger partial charge in [0.25, 0.3) is 5.91 Å². The van der Waals surface area contributed by atoms with E-state index in [1.165, 1.54) is 12.0 Å². The van der Waals surface area contributed by atoms with Gasteiger partial charge in [-0.05, 0) is 43.1 Å². The largest absolute Gasteiger partial charge is 0.486 e. The van der Waals surface area contributed by atoms with Crippen LogP contribution in [0.15, 0.2) is 10.5 Å². The lowest BCUT2D eigenvalue weighted by Gasteiger charge is -2.66. The van der Waals surface area contributed by atoms with Crippen molar-refractivity contribution in [3.63, 3.8) is 0 Å². The molecular formula is C23H30BrNO3. The monoisotopic (exact) mass is 447 g/mol. The summed E-state index contributed by atoms with van der Waals surface area (Å²) in [5.74, 6) is 1.78. The number of halogens is 1. The fourth-order valence-corrected chi connectivity index (χ4v) is 7.65. The second-order valence-electron chi connectivity index (χ2n) is 10.5. The number of carbonyl (C=O) groups is 1. The lowest BCUT2D eigenvalue weighted by molar-refractivity contribution is -0.230. The van der Waals surface area contributed by atoms with Crippen LogP contribution in [0.2, 0.25) is 0 Å². The summed E-state index contributed by atoms with van der Waals surface area (Å²) in [7, 11) is 0. The molecule has 2 aliphatic heterocycles. The molecule has 0 radical (unpaired) electrons. The number of hydrogen-bond donors (Lipinski definition) is 2. The Morgan fingerprint density at radius 2 is 1.96 bits per heavy atom. The molecule has 2 N–H and O–H groups in total. The van der Waals surface area contributed by atoms with Crippen LogP contribution in [-0.4, -0.2) is 22.7 Å². The molecule has 0 unspecified atom stereocenters. The van der Waals surface area contributed by atoms with Crippen molar-refractivity contribution in [2.75, 3.05) is 0 Å². The van der Waals surface area contributed by atoms with Crippen molar-refractivity contribution in [3.05, 3.63) is 27.2 Å². The van der Waals surface area contributed by atoms with E-state index in [2.05, 4.69) is 48.9 Å². The van der Waals surface area contributed by atoms with Gasteiger partial charge in [0.15, 0.2) is 0 Å². The third-order valence-corrected chi connectivity index (χ3v) is 9.39. The second-order valence-corrected chi connectivity index (χ2v) is 11.4. The quantitative estimate of drug-likeness (QED) is 0.610. The minimum Gasteiger partial charge on any atom is -0.486 e. The highest BCUT2D eigenvalue weighted by molar-refractivity contribution is 9.10. The zero-order chi connectivity index (χ0) is 20.1. The molecule has 1 spiro atoms. The van der Waals surface area contributed by atoms with E-state index in [9.17, 15) is 9.90 Å². The van der Waals surface area contributed by atoms with Gasteiger partial charge in [-0.25, -0.2) is 0 Å². The first-order valence-corrected chi connectivity index (χ1v) is 11.4. The molecule has 2 heterocycles. The minimum absolute atomic E-state index is 0.0227. The first kappa shape index (κ1) is 18.9. The first-order chi connectivity index (χ1) is 13.1. The molecule has 1 aromatic carbocycles. The molecule has 0 saturated heterocycles. The number of nitrogens with one attached hydrogen (secondary N) is 1. The Morgan fingerprint density at radius 1 is 1.21 bits per heavy atom.